The SMILES string of the molecule is CC[NH+]1CCN(c2ccc(NC(=O)c3cc(Cl)cc(Br)c3O)cc2)CC1. The maximum atomic E-state index is 12.4. The number of nitrogens with zero attached hydrogens (tertiary/aromatic N) is 1. The summed E-state index contributed by atoms with van der Waals surface area (Å²) in [4.78, 5) is 16.4. The predicted molar refractivity (Wildman–Crippen MR) is 109 cm³/mol. The molecule has 0 radical (unpaired) electrons. The highest BCUT2D eigenvalue weighted by molar-refractivity contribution is 9.10. The van der Waals surface area contributed by atoms with Crippen LogP contribution in [0.1, 0.15) is 17.3 Å². The highest BCUT2D eigenvalue weighted by atomic mass is 79.9. The molecule has 0 atom stereocenters. The molecule has 1 aliphatic heterocycles. The largest absolute Gasteiger partial charge is 0.506 e. The van der Waals surface area contributed by atoms with E-state index in [0.717, 1.165) is 31.9 Å². The molecule has 0 bridgehead atoms. The Balaban J connectivity index is 1.67. The van der Waals surface area contributed by atoms with Gasteiger partial charge in [-0.2, -0.15) is 0 Å². The van der Waals surface area contributed by atoms with E-state index in [4.69, 9.17) is 11.6 Å². The molecule has 0 spiro atoms. The molecule has 0 unspecified atom stereocenters. The molecule has 26 heavy (non-hydrogen) atoms. The Hall–Kier alpha value is -1.76. The van der Waals surface area contributed by atoms with E-state index >= 15 is 0 Å². The van der Waals surface area contributed by atoms with Gasteiger partial charge in [-0.3, -0.25) is 4.79 Å². The second-order valence-electron chi connectivity index (χ2n) is 6.38. The number of benzene rings is 2. The fourth-order valence-corrected chi connectivity index (χ4v) is 3.94. The molecule has 2 aromatic carbocycles. The first-order valence-electron chi connectivity index (χ1n) is 8.66. The second kappa shape index (κ2) is 8.29. The van der Waals surface area contributed by atoms with E-state index in [0.29, 0.717) is 15.2 Å². The quantitative estimate of drug-likeness (QED) is 0.687. The van der Waals surface area contributed by atoms with Crippen molar-refractivity contribution in [2.45, 2.75) is 6.92 Å². The molecule has 138 valence electrons. The number of aromatic hydroxyl groups is 1. The molecule has 0 aliphatic carbocycles. The molecule has 1 amide bonds. The highest BCUT2D eigenvalue weighted by Gasteiger charge is 2.19. The van der Waals surface area contributed by atoms with Gasteiger partial charge in [-0.15, -0.1) is 0 Å². The maximum Gasteiger partial charge on any atom is 0.259 e. The summed E-state index contributed by atoms with van der Waals surface area (Å²) in [5.74, 6) is -0.529. The van der Waals surface area contributed by atoms with Gasteiger partial charge in [0.25, 0.3) is 5.91 Å². The highest BCUT2D eigenvalue weighted by Crippen LogP contribution is 2.32. The van der Waals surface area contributed by atoms with Crippen LogP contribution in [0.3, 0.4) is 0 Å². The standard InChI is InChI=1S/C19H21BrClN3O2/c1-2-23-7-9-24(10-8-23)15-5-3-14(4-6-15)22-19(26)16-11-13(21)12-17(20)18(16)25/h3-6,11-12,25H,2,7-10H2,1H3,(H,22,26)/p+1. The summed E-state index contributed by atoms with van der Waals surface area (Å²) in [7, 11) is 0. The number of quaternary nitrogens is 1. The summed E-state index contributed by atoms with van der Waals surface area (Å²) in [5, 5.41) is 13.2. The Kier molecular flexibility index (Phi) is 6.06. The van der Waals surface area contributed by atoms with Gasteiger partial charge in [0.2, 0.25) is 0 Å². The lowest BCUT2D eigenvalue weighted by atomic mass is 10.1. The van der Waals surface area contributed by atoms with Gasteiger partial charge >= 0.3 is 0 Å². The van der Waals surface area contributed by atoms with Gasteiger partial charge in [0.1, 0.15) is 5.75 Å². The van der Waals surface area contributed by atoms with Crippen LogP contribution < -0.4 is 15.1 Å². The number of likely N-dealkylation sites (N-methyl/N-ethyl adjacent to an activating group) is 1. The molecule has 1 aliphatic rings. The minimum atomic E-state index is -0.404. The van der Waals surface area contributed by atoms with E-state index in [-0.39, 0.29) is 11.3 Å². The number of carbonyl (C=O) groups is 1. The van der Waals surface area contributed by atoms with E-state index < -0.39 is 5.91 Å². The Labute approximate surface area is 166 Å². The van der Waals surface area contributed by atoms with Gasteiger partial charge in [-0.25, -0.2) is 0 Å². The predicted octanol–water partition coefficient (Wildman–Crippen LogP) is 2.79. The summed E-state index contributed by atoms with van der Waals surface area (Å²) in [6.45, 7) is 7.78. The van der Waals surface area contributed by atoms with Crippen molar-refractivity contribution in [3.8, 4) is 5.75 Å². The minimum absolute atomic E-state index is 0.125. The van der Waals surface area contributed by atoms with Gasteiger partial charge in [-0.05, 0) is 59.3 Å². The molecule has 3 N–H and O–H groups in total. The summed E-state index contributed by atoms with van der Waals surface area (Å²) < 4.78 is 0.388. The zero-order valence-corrected chi connectivity index (χ0v) is 16.9. The van der Waals surface area contributed by atoms with E-state index in [1.54, 1.807) is 11.0 Å². The van der Waals surface area contributed by atoms with Gasteiger partial charge in [0.15, 0.2) is 0 Å². The van der Waals surface area contributed by atoms with Crippen LogP contribution in [-0.2, 0) is 0 Å². The number of hydrogen-bond donors (Lipinski definition) is 3. The van der Waals surface area contributed by atoms with E-state index in [1.807, 2.05) is 24.3 Å². The zero-order valence-electron chi connectivity index (χ0n) is 14.6. The Morgan fingerprint density at radius 1 is 1.27 bits per heavy atom. The number of hydrogen-bond acceptors (Lipinski definition) is 3. The van der Waals surface area contributed by atoms with Crippen LogP contribution >= 0.6 is 27.5 Å². The van der Waals surface area contributed by atoms with Gasteiger partial charge in [-0.1, -0.05) is 11.6 Å². The smallest absolute Gasteiger partial charge is 0.259 e. The van der Waals surface area contributed by atoms with Crippen molar-refractivity contribution in [1.82, 2.24) is 0 Å². The van der Waals surface area contributed by atoms with Crippen molar-refractivity contribution in [3.05, 3.63) is 51.5 Å². The topological polar surface area (TPSA) is 57.0 Å². The van der Waals surface area contributed by atoms with Crippen LogP contribution in [0.15, 0.2) is 40.9 Å². The average Bonchev–Trinajstić information content (AvgIpc) is 2.65. The summed E-state index contributed by atoms with van der Waals surface area (Å²) in [5.41, 5.74) is 1.96. The van der Waals surface area contributed by atoms with Gasteiger partial charge in [0.05, 0.1) is 42.8 Å². The number of nitrogens with one attached hydrogen (secondary N) is 2. The maximum absolute atomic E-state index is 12.4. The number of piperazine rings is 1. The van der Waals surface area contributed by atoms with Crippen molar-refractivity contribution >= 4 is 44.8 Å². The molecule has 0 aromatic heterocycles. The van der Waals surface area contributed by atoms with Crippen molar-refractivity contribution in [2.24, 2.45) is 0 Å². The zero-order chi connectivity index (χ0) is 18.7. The van der Waals surface area contributed by atoms with E-state index in [1.165, 1.54) is 12.6 Å². The molecule has 0 saturated carbocycles. The van der Waals surface area contributed by atoms with Crippen molar-refractivity contribution in [2.75, 3.05) is 42.9 Å². The lowest BCUT2D eigenvalue weighted by Crippen LogP contribution is -3.14. The Bertz CT molecular complexity index is 790. The Morgan fingerprint density at radius 3 is 2.54 bits per heavy atom. The van der Waals surface area contributed by atoms with E-state index in [9.17, 15) is 9.90 Å². The third-order valence-electron chi connectivity index (χ3n) is 4.73. The summed E-state index contributed by atoms with van der Waals surface area (Å²) >= 11 is 9.16. The first-order chi connectivity index (χ1) is 12.5. The molecule has 1 fully saturated rings. The van der Waals surface area contributed by atoms with Gasteiger partial charge in [0, 0.05) is 16.4 Å². The van der Waals surface area contributed by atoms with Gasteiger partial charge < -0.3 is 20.2 Å². The minimum Gasteiger partial charge on any atom is -0.506 e. The molecule has 1 heterocycles. The first kappa shape index (κ1) is 19.0. The molecule has 1 saturated heterocycles. The first-order valence-corrected chi connectivity index (χ1v) is 9.83. The van der Waals surface area contributed by atoms with E-state index in [2.05, 4.69) is 33.1 Å². The fraction of sp³-hybridized carbons (Fsp3) is 0.316. The monoisotopic (exact) mass is 438 g/mol. The number of rotatable bonds is 4. The van der Waals surface area contributed by atoms with Crippen molar-refractivity contribution in [1.29, 1.82) is 0 Å². The Morgan fingerprint density at radius 2 is 1.92 bits per heavy atom. The van der Waals surface area contributed by atoms with Crippen LogP contribution in [0.2, 0.25) is 5.02 Å². The molecule has 5 nitrogen and oxygen atoms in total. The molecular weight excluding hydrogens is 418 g/mol. The fourth-order valence-electron chi connectivity index (χ4n) is 3.13. The lowest BCUT2D eigenvalue weighted by Gasteiger charge is -2.33. The van der Waals surface area contributed by atoms with Crippen LogP contribution in [0, 0.1) is 0 Å². The average molecular weight is 440 g/mol. The summed E-state index contributed by atoms with van der Waals surface area (Å²) in [6.07, 6.45) is 0. The second-order valence-corrected chi connectivity index (χ2v) is 7.67. The third kappa shape index (κ3) is 4.31. The lowest BCUT2D eigenvalue weighted by molar-refractivity contribution is -0.898. The number of phenols is 1. The number of phenolic OH excluding ortho intramolecular Hbond substituents is 1. The number of amides is 1. The van der Waals surface area contributed by atoms with Crippen LogP contribution in [0.5, 0.6) is 5.75 Å². The third-order valence-corrected chi connectivity index (χ3v) is 5.56. The number of anilines is 2. The molecule has 7 heteroatoms. The molecule has 3 rings (SSSR count). The van der Waals surface area contributed by atoms with Crippen molar-refractivity contribution < 1.29 is 14.8 Å². The normalized spacial score (nSPS) is 15.1. The van der Waals surface area contributed by atoms with Crippen LogP contribution in [0.4, 0.5) is 11.4 Å². The number of halogens is 2. The van der Waals surface area contributed by atoms with Crippen LogP contribution in [-0.4, -0.2) is 43.7 Å². The molecular formula is C19H22BrClN3O2+. The molecule has 2 aromatic rings. The van der Waals surface area contributed by atoms with Crippen LogP contribution in [0.25, 0.3) is 0 Å². The number of carbonyl (C=O) groups excluding carboxylic acids is 1. The summed E-state index contributed by atoms with van der Waals surface area (Å²) in [6, 6.07) is 10.8. The van der Waals surface area contributed by atoms with Crippen molar-refractivity contribution in [3.63, 3.8) is 0 Å².